The molecule has 2 aromatic rings. The van der Waals surface area contributed by atoms with Crippen molar-refractivity contribution in [2.24, 2.45) is 5.92 Å². The zero-order chi connectivity index (χ0) is 24.2. The molecule has 184 valence electrons. The number of unbranched alkanes of at least 4 members (excludes halogenated alkanes) is 4. The molecule has 34 heavy (non-hydrogen) atoms. The van der Waals surface area contributed by atoms with Crippen LogP contribution in [-0.2, 0) is 11.2 Å². The van der Waals surface area contributed by atoms with Gasteiger partial charge in [0.25, 0.3) is 0 Å². The van der Waals surface area contributed by atoms with Gasteiger partial charge >= 0.3 is 0 Å². The van der Waals surface area contributed by atoms with Crippen LogP contribution in [0.2, 0.25) is 0 Å². The normalized spacial score (nSPS) is 17.9. The van der Waals surface area contributed by atoms with Gasteiger partial charge in [0.1, 0.15) is 0 Å². The number of hydrogen-bond donors (Lipinski definition) is 0. The molecule has 0 aliphatic heterocycles. The molecule has 3 rings (SSSR count). The van der Waals surface area contributed by atoms with Crippen molar-refractivity contribution in [3.63, 3.8) is 0 Å². The topological polar surface area (TPSA) is 20.3 Å². The molecular weight excluding hydrogens is 414 g/mol. The monoisotopic (exact) mass is 459 g/mol. The number of likely N-dealkylation sites (N-methyl/N-ethyl adjacent to an activating group) is 1. The molecule has 0 N–H and O–H groups in total. The van der Waals surface area contributed by atoms with Crippen LogP contribution < -0.4 is 0 Å². The third-order valence-corrected chi connectivity index (χ3v) is 7.74. The Labute approximate surface area is 208 Å². The summed E-state index contributed by atoms with van der Waals surface area (Å²) in [7, 11) is 1.83. The molecule has 2 heteroatoms. The SMILES string of the molecule is C=CC(=O)N(C)CCCc1ccc(-c2ccc(C3CCC(CCCCCCC)CC3)cc2)cc1. The van der Waals surface area contributed by atoms with E-state index in [1.54, 1.807) is 4.90 Å². The summed E-state index contributed by atoms with van der Waals surface area (Å²) in [6.45, 7) is 6.60. The second kappa shape index (κ2) is 14.1. The zero-order valence-electron chi connectivity index (χ0n) is 21.6. The molecule has 0 unspecified atom stereocenters. The van der Waals surface area contributed by atoms with E-state index in [-0.39, 0.29) is 5.91 Å². The minimum Gasteiger partial charge on any atom is -0.342 e. The Hall–Kier alpha value is -2.35. The smallest absolute Gasteiger partial charge is 0.245 e. The summed E-state index contributed by atoms with van der Waals surface area (Å²) in [5.41, 5.74) is 5.43. The molecular formula is C32H45NO. The molecule has 0 radical (unpaired) electrons. The number of rotatable bonds is 13. The average molecular weight is 460 g/mol. The van der Waals surface area contributed by atoms with E-state index in [1.807, 2.05) is 7.05 Å². The largest absolute Gasteiger partial charge is 0.342 e. The van der Waals surface area contributed by atoms with Gasteiger partial charge in [-0.3, -0.25) is 4.79 Å². The molecule has 1 saturated carbocycles. The van der Waals surface area contributed by atoms with E-state index in [4.69, 9.17) is 0 Å². The van der Waals surface area contributed by atoms with Crippen molar-refractivity contribution in [3.05, 3.63) is 72.3 Å². The number of hydrogen-bond acceptors (Lipinski definition) is 1. The van der Waals surface area contributed by atoms with Gasteiger partial charge < -0.3 is 4.90 Å². The third kappa shape index (κ3) is 8.15. The van der Waals surface area contributed by atoms with Crippen LogP contribution in [0.1, 0.15) is 94.6 Å². The molecule has 2 nitrogen and oxygen atoms in total. The molecule has 0 heterocycles. The molecule has 0 bridgehead atoms. The Morgan fingerprint density at radius 2 is 1.50 bits per heavy atom. The first-order chi connectivity index (χ1) is 16.6. The summed E-state index contributed by atoms with van der Waals surface area (Å²) < 4.78 is 0. The van der Waals surface area contributed by atoms with Crippen LogP contribution in [-0.4, -0.2) is 24.4 Å². The van der Waals surface area contributed by atoms with Gasteiger partial charge in [0, 0.05) is 13.6 Å². The molecule has 0 saturated heterocycles. The second-order valence-electron chi connectivity index (χ2n) is 10.3. The third-order valence-electron chi connectivity index (χ3n) is 7.74. The molecule has 0 atom stereocenters. The van der Waals surface area contributed by atoms with Crippen molar-refractivity contribution < 1.29 is 4.79 Å². The summed E-state index contributed by atoms with van der Waals surface area (Å²) in [4.78, 5) is 13.3. The quantitative estimate of drug-likeness (QED) is 0.217. The van der Waals surface area contributed by atoms with Gasteiger partial charge in [-0.1, -0.05) is 101 Å². The molecule has 1 fully saturated rings. The van der Waals surface area contributed by atoms with Gasteiger partial charge in [-0.2, -0.15) is 0 Å². The number of carbonyl (C=O) groups is 1. The Kier molecular flexibility index (Phi) is 10.9. The Balaban J connectivity index is 1.43. The van der Waals surface area contributed by atoms with Crippen LogP contribution in [0.3, 0.4) is 0 Å². The number of nitrogens with zero attached hydrogens (tertiary/aromatic N) is 1. The molecule has 1 aliphatic carbocycles. The fraction of sp³-hybridized carbons (Fsp3) is 0.531. The van der Waals surface area contributed by atoms with Crippen LogP contribution >= 0.6 is 0 Å². The van der Waals surface area contributed by atoms with Crippen LogP contribution in [0.25, 0.3) is 11.1 Å². The van der Waals surface area contributed by atoms with E-state index >= 15 is 0 Å². The highest BCUT2D eigenvalue weighted by Crippen LogP contribution is 2.38. The molecule has 1 amide bonds. The van der Waals surface area contributed by atoms with Crippen molar-refractivity contribution in [2.75, 3.05) is 13.6 Å². The molecule has 0 spiro atoms. The Morgan fingerprint density at radius 3 is 2.12 bits per heavy atom. The van der Waals surface area contributed by atoms with Gasteiger partial charge in [-0.05, 0) is 78.7 Å². The van der Waals surface area contributed by atoms with Crippen molar-refractivity contribution in [1.82, 2.24) is 4.90 Å². The number of amides is 1. The van der Waals surface area contributed by atoms with E-state index in [2.05, 4.69) is 62.0 Å². The number of carbonyl (C=O) groups excluding carboxylic acids is 1. The van der Waals surface area contributed by atoms with Gasteiger partial charge in [-0.15, -0.1) is 0 Å². The van der Waals surface area contributed by atoms with Crippen molar-refractivity contribution in [1.29, 1.82) is 0 Å². The highest BCUT2D eigenvalue weighted by molar-refractivity contribution is 5.86. The van der Waals surface area contributed by atoms with Gasteiger partial charge in [0.05, 0.1) is 0 Å². The highest BCUT2D eigenvalue weighted by Gasteiger charge is 2.22. The summed E-state index contributed by atoms with van der Waals surface area (Å²) in [5.74, 6) is 1.71. The lowest BCUT2D eigenvalue weighted by atomic mass is 9.77. The lowest BCUT2D eigenvalue weighted by Gasteiger charge is -2.29. The van der Waals surface area contributed by atoms with Crippen molar-refractivity contribution in [3.8, 4) is 11.1 Å². The lowest BCUT2D eigenvalue weighted by molar-refractivity contribution is -0.124. The predicted molar refractivity (Wildman–Crippen MR) is 146 cm³/mol. The fourth-order valence-corrected chi connectivity index (χ4v) is 5.42. The first kappa shape index (κ1) is 26.3. The standard InChI is InChI=1S/C32H45NO/c1-4-6-7-8-9-11-26-13-17-28(18-14-26)30-21-23-31(24-22-30)29-19-15-27(16-20-29)12-10-25-33(3)32(34)5-2/h5,15-16,19-24,26,28H,2,4,6-14,17-18,25H2,1,3H3. The first-order valence-electron chi connectivity index (χ1n) is 13.7. The predicted octanol–water partition coefficient (Wildman–Crippen LogP) is 8.56. The van der Waals surface area contributed by atoms with Crippen LogP contribution in [0, 0.1) is 5.92 Å². The number of benzene rings is 2. The summed E-state index contributed by atoms with van der Waals surface area (Å²) in [6, 6.07) is 18.3. The Morgan fingerprint density at radius 1 is 0.882 bits per heavy atom. The van der Waals surface area contributed by atoms with Crippen LogP contribution in [0.15, 0.2) is 61.2 Å². The zero-order valence-corrected chi connectivity index (χ0v) is 21.6. The van der Waals surface area contributed by atoms with Gasteiger partial charge in [0.2, 0.25) is 5.91 Å². The van der Waals surface area contributed by atoms with Crippen molar-refractivity contribution >= 4 is 5.91 Å². The maximum Gasteiger partial charge on any atom is 0.245 e. The molecule has 2 aromatic carbocycles. The van der Waals surface area contributed by atoms with E-state index in [0.29, 0.717) is 0 Å². The van der Waals surface area contributed by atoms with Crippen LogP contribution in [0.5, 0.6) is 0 Å². The maximum atomic E-state index is 11.6. The highest BCUT2D eigenvalue weighted by atomic mass is 16.2. The lowest BCUT2D eigenvalue weighted by Crippen LogP contribution is -2.25. The van der Waals surface area contributed by atoms with Crippen LogP contribution in [0.4, 0.5) is 0 Å². The summed E-state index contributed by atoms with van der Waals surface area (Å²) in [5, 5.41) is 0. The summed E-state index contributed by atoms with van der Waals surface area (Å²) in [6.07, 6.45) is 17.4. The molecule has 0 aromatic heterocycles. The maximum absolute atomic E-state index is 11.6. The first-order valence-corrected chi connectivity index (χ1v) is 13.7. The van der Waals surface area contributed by atoms with E-state index in [9.17, 15) is 4.79 Å². The van der Waals surface area contributed by atoms with Gasteiger partial charge in [0.15, 0.2) is 0 Å². The molecule has 1 aliphatic rings. The van der Waals surface area contributed by atoms with Gasteiger partial charge in [-0.25, -0.2) is 0 Å². The Bertz CT molecular complexity index is 859. The van der Waals surface area contributed by atoms with E-state index < -0.39 is 0 Å². The van der Waals surface area contributed by atoms with Crippen molar-refractivity contribution in [2.45, 2.75) is 89.9 Å². The van der Waals surface area contributed by atoms with E-state index in [1.165, 1.54) is 92.5 Å². The minimum absolute atomic E-state index is 0.00959. The minimum atomic E-state index is -0.00959. The average Bonchev–Trinajstić information content (AvgIpc) is 2.89. The summed E-state index contributed by atoms with van der Waals surface area (Å²) >= 11 is 0. The van der Waals surface area contributed by atoms with E-state index in [0.717, 1.165) is 31.2 Å². The fourth-order valence-electron chi connectivity index (χ4n) is 5.42. The second-order valence-corrected chi connectivity index (χ2v) is 10.3. The number of aryl methyl sites for hydroxylation is 1.